The van der Waals surface area contributed by atoms with Crippen LogP contribution < -0.4 is 5.32 Å². The van der Waals surface area contributed by atoms with Crippen molar-refractivity contribution in [1.82, 2.24) is 5.32 Å². The van der Waals surface area contributed by atoms with Gasteiger partial charge in [0.15, 0.2) is 0 Å². The van der Waals surface area contributed by atoms with Gasteiger partial charge in [0.05, 0.1) is 12.7 Å². The van der Waals surface area contributed by atoms with Crippen LogP contribution in [0, 0.1) is 11.8 Å². The van der Waals surface area contributed by atoms with E-state index in [4.69, 9.17) is 9.47 Å². The molecule has 0 spiro atoms. The second-order valence-electron chi connectivity index (χ2n) is 6.42. The van der Waals surface area contributed by atoms with E-state index < -0.39 is 0 Å². The van der Waals surface area contributed by atoms with Crippen molar-refractivity contribution in [1.29, 1.82) is 0 Å². The molecule has 3 nitrogen and oxygen atoms in total. The standard InChI is InChI=1S/C18H29NO2/c1-14(2)11-19-12-17-8-5-9-21-18(17)16-7-4-6-15(10-16)13-20-3/h4,6-7,10,14,17-19H,5,8-9,11-13H2,1-3H3. The van der Waals surface area contributed by atoms with Gasteiger partial charge in [-0.1, -0.05) is 38.1 Å². The van der Waals surface area contributed by atoms with E-state index in [1.165, 1.54) is 24.0 Å². The van der Waals surface area contributed by atoms with E-state index in [0.29, 0.717) is 18.4 Å². The lowest BCUT2D eigenvalue weighted by Gasteiger charge is -2.32. The third-order valence-electron chi connectivity index (χ3n) is 3.99. The van der Waals surface area contributed by atoms with Gasteiger partial charge in [-0.05, 0) is 36.4 Å². The summed E-state index contributed by atoms with van der Waals surface area (Å²) >= 11 is 0. The molecule has 1 saturated heterocycles. The average Bonchev–Trinajstić information content (AvgIpc) is 2.48. The number of hydrogen-bond donors (Lipinski definition) is 1. The number of rotatable bonds is 7. The molecular weight excluding hydrogens is 262 g/mol. The summed E-state index contributed by atoms with van der Waals surface area (Å²) in [6.45, 7) is 8.15. The molecule has 0 bridgehead atoms. The topological polar surface area (TPSA) is 30.5 Å². The number of methoxy groups -OCH3 is 1. The highest BCUT2D eigenvalue weighted by atomic mass is 16.5. The Morgan fingerprint density at radius 2 is 2.24 bits per heavy atom. The molecule has 0 saturated carbocycles. The normalized spacial score (nSPS) is 22.7. The minimum atomic E-state index is 0.218. The summed E-state index contributed by atoms with van der Waals surface area (Å²) in [4.78, 5) is 0. The van der Waals surface area contributed by atoms with Crippen LogP contribution in [0.3, 0.4) is 0 Å². The Kier molecular flexibility index (Phi) is 6.68. The van der Waals surface area contributed by atoms with E-state index >= 15 is 0 Å². The zero-order chi connectivity index (χ0) is 15.1. The van der Waals surface area contributed by atoms with Crippen molar-refractivity contribution in [3.63, 3.8) is 0 Å². The monoisotopic (exact) mass is 291 g/mol. The van der Waals surface area contributed by atoms with Crippen LogP contribution in [0.2, 0.25) is 0 Å². The summed E-state index contributed by atoms with van der Waals surface area (Å²) in [5, 5.41) is 3.59. The lowest BCUT2D eigenvalue weighted by Crippen LogP contribution is -2.33. The first kappa shape index (κ1) is 16.5. The fourth-order valence-corrected chi connectivity index (χ4v) is 3.00. The molecule has 3 heteroatoms. The van der Waals surface area contributed by atoms with Gasteiger partial charge >= 0.3 is 0 Å². The predicted molar refractivity (Wildman–Crippen MR) is 86.3 cm³/mol. The molecule has 0 amide bonds. The Morgan fingerprint density at radius 3 is 3.00 bits per heavy atom. The minimum absolute atomic E-state index is 0.218. The summed E-state index contributed by atoms with van der Waals surface area (Å²) in [7, 11) is 1.74. The predicted octanol–water partition coefficient (Wildman–Crippen LogP) is 3.55. The Balaban J connectivity index is 2.01. The lowest BCUT2D eigenvalue weighted by atomic mass is 9.88. The third kappa shape index (κ3) is 5.10. The molecule has 1 heterocycles. The smallest absolute Gasteiger partial charge is 0.0865 e. The maximum atomic E-state index is 6.09. The summed E-state index contributed by atoms with van der Waals surface area (Å²) in [5.41, 5.74) is 2.51. The van der Waals surface area contributed by atoms with Crippen molar-refractivity contribution in [2.75, 3.05) is 26.8 Å². The van der Waals surface area contributed by atoms with Gasteiger partial charge in [-0.25, -0.2) is 0 Å². The fourth-order valence-electron chi connectivity index (χ4n) is 3.00. The minimum Gasteiger partial charge on any atom is -0.380 e. The van der Waals surface area contributed by atoms with Crippen molar-refractivity contribution >= 4 is 0 Å². The molecule has 118 valence electrons. The molecule has 1 N–H and O–H groups in total. The number of ether oxygens (including phenoxy) is 2. The largest absolute Gasteiger partial charge is 0.380 e. The Labute approximate surface area is 129 Å². The molecule has 1 fully saturated rings. The van der Waals surface area contributed by atoms with Crippen LogP contribution in [0.25, 0.3) is 0 Å². The van der Waals surface area contributed by atoms with Gasteiger partial charge in [0, 0.05) is 26.2 Å². The first-order chi connectivity index (χ1) is 10.2. The summed E-state index contributed by atoms with van der Waals surface area (Å²) in [6, 6.07) is 8.64. The van der Waals surface area contributed by atoms with Crippen molar-refractivity contribution in [3.8, 4) is 0 Å². The number of nitrogens with one attached hydrogen (secondary N) is 1. The number of hydrogen-bond acceptors (Lipinski definition) is 3. The fraction of sp³-hybridized carbons (Fsp3) is 0.667. The molecule has 0 aromatic heterocycles. The SMILES string of the molecule is COCc1cccc(C2OCCCC2CNCC(C)C)c1. The van der Waals surface area contributed by atoms with Crippen molar-refractivity contribution < 1.29 is 9.47 Å². The van der Waals surface area contributed by atoms with Gasteiger partial charge in [-0.15, -0.1) is 0 Å². The highest BCUT2D eigenvalue weighted by Gasteiger charge is 2.27. The van der Waals surface area contributed by atoms with Crippen LogP contribution in [-0.2, 0) is 16.1 Å². The van der Waals surface area contributed by atoms with Gasteiger partial charge < -0.3 is 14.8 Å². The van der Waals surface area contributed by atoms with Gasteiger partial charge in [-0.2, -0.15) is 0 Å². The van der Waals surface area contributed by atoms with E-state index in [-0.39, 0.29) is 6.10 Å². The van der Waals surface area contributed by atoms with E-state index in [9.17, 15) is 0 Å². The average molecular weight is 291 g/mol. The number of benzene rings is 1. The highest BCUT2D eigenvalue weighted by Crippen LogP contribution is 2.33. The molecule has 1 aliphatic rings. The van der Waals surface area contributed by atoms with E-state index in [0.717, 1.165) is 19.7 Å². The van der Waals surface area contributed by atoms with Crippen molar-refractivity contribution in [2.45, 2.75) is 39.4 Å². The Morgan fingerprint density at radius 1 is 1.38 bits per heavy atom. The van der Waals surface area contributed by atoms with Crippen LogP contribution in [-0.4, -0.2) is 26.8 Å². The van der Waals surface area contributed by atoms with E-state index in [1.807, 2.05) is 0 Å². The zero-order valence-electron chi connectivity index (χ0n) is 13.6. The summed E-state index contributed by atoms with van der Waals surface area (Å²) in [5.74, 6) is 1.26. The van der Waals surface area contributed by atoms with Crippen LogP contribution in [0.4, 0.5) is 0 Å². The quantitative estimate of drug-likeness (QED) is 0.833. The van der Waals surface area contributed by atoms with Crippen LogP contribution >= 0.6 is 0 Å². The van der Waals surface area contributed by atoms with Gasteiger partial charge in [0.2, 0.25) is 0 Å². The van der Waals surface area contributed by atoms with Crippen LogP contribution in [0.15, 0.2) is 24.3 Å². The molecule has 2 rings (SSSR count). The van der Waals surface area contributed by atoms with Gasteiger partial charge in [0.25, 0.3) is 0 Å². The van der Waals surface area contributed by atoms with Crippen LogP contribution in [0.5, 0.6) is 0 Å². The van der Waals surface area contributed by atoms with Crippen molar-refractivity contribution in [3.05, 3.63) is 35.4 Å². The molecule has 1 aromatic carbocycles. The molecular formula is C18H29NO2. The molecule has 2 atom stereocenters. The van der Waals surface area contributed by atoms with Crippen LogP contribution in [0.1, 0.15) is 43.9 Å². The maximum Gasteiger partial charge on any atom is 0.0865 e. The highest BCUT2D eigenvalue weighted by molar-refractivity contribution is 5.25. The molecule has 21 heavy (non-hydrogen) atoms. The molecule has 1 aliphatic heterocycles. The molecule has 1 aromatic rings. The molecule has 0 radical (unpaired) electrons. The van der Waals surface area contributed by atoms with E-state index in [2.05, 4.69) is 43.4 Å². The first-order valence-electron chi connectivity index (χ1n) is 8.10. The lowest BCUT2D eigenvalue weighted by molar-refractivity contribution is -0.0279. The zero-order valence-corrected chi connectivity index (χ0v) is 13.6. The van der Waals surface area contributed by atoms with Gasteiger partial charge in [0.1, 0.15) is 0 Å². The second kappa shape index (κ2) is 8.52. The summed E-state index contributed by atoms with van der Waals surface area (Å²) in [6.07, 6.45) is 2.63. The second-order valence-corrected chi connectivity index (χ2v) is 6.42. The molecule has 2 unspecified atom stereocenters. The van der Waals surface area contributed by atoms with Crippen molar-refractivity contribution in [2.24, 2.45) is 11.8 Å². The molecule has 0 aliphatic carbocycles. The first-order valence-corrected chi connectivity index (χ1v) is 8.10. The maximum absolute atomic E-state index is 6.09. The summed E-state index contributed by atoms with van der Waals surface area (Å²) < 4.78 is 11.3. The van der Waals surface area contributed by atoms with E-state index in [1.54, 1.807) is 7.11 Å². The Hall–Kier alpha value is -0.900. The Bertz CT molecular complexity index is 419. The van der Waals surface area contributed by atoms with Gasteiger partial charge in [-0.3, -0.25) is 0 Å². The third-order valence-corrected chi connectivity index (χ3v) is 3.99.